The third kappa shape index (κ3) is 3.78. The van der Waals surface area contributed by atoms with E-state index in [2.05, 4.69) is 9.80 Å². The first-order chi connectivity index (χ1) is 10.2. The molecule has 2 aliphatic rings. The minimum atomic E-state index is -0.760. The minimum Gasteiger partial charge on any atom is -0.377 e. The summed E-state index contributed by atoms with van der Waals surface area (Å²) < 4.78 is 32.5. The van der Waals surface area contributed by atoms with Crippen molar-refractivity contribution >= 4 is 0 Å². The molecule has 0 amide bonds. The van der Waals surface area contributed by atoms with Gasteiger partial charge in [-0.3, -0.25) is 9.80 Å². The summed E-state index contributed by atoms with van der Waals surface area (Å²) in [4.78, 5) is 4.60. The Labute approximate surface area is 124 Å². The van der Waals surface area contributed by atoms with Gasteiger partial charge in [-0.15, -0.1) is 0 Å². The van der Waals surface area contributed by atoms with Crippen LogP contribution < -0.4 is 0 Å². The van der Waals surface area contributed by atoms with Crippen molar-refractivity contribution in [3.63, 3.8) is 0 Å². The third-order valence-corrected chi connectivity index (χ3v) is 4.38. The highest BCUT2D eigenvalue weighted by Gasteiger charge is 2.23. The average molecular weight is 296 g/mol. The van der Waals surface area contributed by atoms with Crippen LogP contribution in [-0.4, -0.2) is 55.2 Å². The fourth-order valence-electron chi connectivity index (χ4n) is 3.12. The van der Waals surface area contributed by atoms with Crippen LogP contribution in [0.25, 0.3) is 0 Å². The number of hydrogen-bond donors (Lipinski definition) is 0. The second kappa shape index (κ2) is 6.81. The van der Waals surface area contributed by atoms with Crippen molar-refractivity contribution in [3.8, 4) is 0 Å². The van der Waals surface area contributed by atoms with Gasteiger partial charge in [-0.05, 0) is 18.9 Å². The van der Waals surface area contributed by atoms with Crippen LogP contribution >= 0.6 is 0 Å². The van der Waals surface area contributed by atoms with Crippen LogP contribution in [0.4, 0.5) is 8.78 Å². The van der Waals surface area contributed by atoms with Gasteiger partial charge in [0.1, 0.15) is 0 Å². The summed E-state index contributed by atoms with van der Waals surface area (Å²) in [6, 6.07) is 4.40. The molecule has 1 atom stereocenters. The van der Waals surface area contributed by atoms with E-state index in [-0.39, 0.29) is 0 Å². The summed E-state index contributed by atoms with van der Waals surface area (Å²) >= 11 is 0. The van der Waals surface area contributed by atoms with Gasteiger partial charge in [-0.1, -0.05) is 12.1 Å². The highest BCUT2D eigenvalue weighted by Crippen LogP contribution is 2.17. The lowest BCUT2D eigenvalue weighted by molar-refractivity contribution is 0.0487. The van der Waals surface area contributed by atoms with E-state index in [4.69, 9.17) is 4.74 Å². The van der Waals surface area contributed by atoms with E-state index in [1.807, 2.05) is 0 Å². The van der Waals surface area contributed by atoms with Crippen LogP contribution in [-0.2, 0) is 11.3 Å². The molecule has 2 saturated heterocycles. The summed E-state index contributed by atoms with van der Waals surface area (Å²) in [5.74, 6) is -1.47. The van der Waals surface area contributed by atoms with Crippen molar-refractivity contribution in [1.82, 2.24) is 9.80 Å². The fourth-order valence-corrected chi connectivity index (χ4v) is 3.12. The lowest BCUT2D eigenvalue weighted by Gasteiger charge is -2.35. The van der Waals surface area contributed by atoms with Gasteiger partial charge in [0.2, 0.25) is 0 Å². The van der Waals surface area contributed by atoms with Gasteiger partial charge in [0.15, 0.2) is 11.6 Å². The van der Waals surface area contributed by atoms with E-state index in [0.717, 1.165) is 45.8 Å². The molecule has 5 heteroatoms. The Morgan fingerprint density at radius 3 is 2.57 bits per heavy atom. The highest BCUT2D eigenvalue weighted by molar-refractivity contribution is 5.18. The van der Waals surface area contributed by atoms with E-state index in [0.29, 0.717) is 18.2 Å². The Balaban J connectivity index is 1.48. The van der Waals surface area contributed by atoms with Crippen molar-refractivity contribution in [2.24, 2.45) is 0 Å². The highest BCUT2D eigenvalue weighted by atomic mass is 19.2. The maximum atomic E-state index is 13.7. The standard InChI is InChI=1S/C16H22F2N2O/c17-15-5-1-3-13(16(15)18)11-19-6-8-20(9-7-19)12-14-4-2-10-21-14/h1,3,5,14H,2,4,6-12H2. The maximum absolute atomic E-state index is 13.7. The molecule has 0 aromatic heterocycles. The largest absolute Gasteiger partial charge is 0.377 e. The summed E-state index contributed by atoms with van der Waals surface area (Å²) in [5, 5.41) is 0. The Kier molecular flexibility index (Phi) is 4.83. The van der Waals surface area contributed by atoms with Gasteiger partial charge in [0.25, 0.3) is 0 Å². The third-order valence-electron chi connectivity index (χ3n) is 4.38. The lowest BCUT2D eigenvalue weighted by atomic mass is 10.1. The molecule has 2 fully saturated rings. The molecule has 3 rings (SSSR count). The Morgan fingerprint density at radius 2 is 1.86 bits per heavy atom. The maximum Gasteiger partial charge on any atom is 0.163 e. The molecule has 0 bridgehead atoms. The molecule has 0 saturated carbocycles. The zero-order valence-corrected chi connectivity index (χ0v) is 12.2. The number of ether oxygens (including phenoxy) is 1. The normalized spacial score (nSPS) is 24.6. The summed E-state index contributed by atoms with van der Waals surface area (Å²) in [5.41, 5.74) is 0.447. The monoisotopic (exact) mass is 296 g/mol. The molecule has 2 heterocycles. The zero-order valence-electron chi connectivity index (χ0n) is 12.2. The molecular formula is C16H22F2N2O. The van der Waals surface area contributed by atoms with Gasteiger partial charge in [0, 0.05) is 51.4 Å². The first kappa shape index (κ1) is 14.9. The topological polar surface area (TPSA) is 15.7 Å². The molecule has 1 unspecified atom stereocenters. The lowest BCUT2D eigenvalue weighted by Crippen LogP contribution is -2.48. The van der Waals surface area contributed by atoms with Gasteiger partial charge in [0.05, 0.1) is 6.10 Å². The number of hydrogen-bond acceptors (Lipinski definition) is 3. The van der Waals surface area contributed by atoms with E-state index >= 15 is 0 Å². The fraction of sp³-hybridized carbons (Fsp3) is 0.625. The Morgan fingerprint density at radius 1 is 1.10 bits per heavy atom. The van der Waals surface area contributed by atoms with Crippen LogP contribution in [0.3, 0.4) is 0 Å². The van der Waals surface area contributed by atoms with Crippen LogP contribution in [0.15, 0.2) is 18.2 Å². The number of piperazine rings is 1. The van der Waals surface area contributed by atoms with E-state index < -0.39 is 11.6 Å². The van der Waals surface area contributed by atoms with Gasteiger partial charge >= 0.3 is 0 Å². The SMILES string of the molecule is Fc1cccc(CN2CCN(CC3CCCO3)CC2)c1F. The summed E-state index contributed by atoms with van der Waals surface area (Å²) in [6.07, 6.45) is 2.72. The van der Waals surface area contributed by atoms with E-state index in [9.17, 15) is 8.78 Å². The molecule has 0 spiro atoms. The van der Waals surface area contributed by atoms with Crippen LogP contribution in [0.5, 0.6) is 0 Å². The first-order valence-electron chi connectivity index (χ1n) is 7.71. The van der Waals surface area contributed by atoms with Crippen LogP contribution in [0, 0.1) is 11.6 Å². The second-order valence-corrected chi connectivity index (χ2v) is 5.92. The molecule has 0 N–H and O–H groups in total. The molecule has 21 heavy (non-hydrogen) atoms. The predicted molar refractivity (Wildman–Crippen MR) is 77.0 cm³/mol. The van der Waals surface area contributed by atoms with Crippen molar-refractivity contribution in [2.45, 2.75) is 25.5 Å². The minimum absolute atomic E-state index is 0.386. The number of rotatable bonds is 4. The van der Waals surface area contributed by atoms with Crippen molar-refractivity contribution in [2.75, 3.05) is 39.3 Å². The zero-order chi connectivity index (χ0) is 14.7. The second-order valence-electron chi connectivity index (χ2n) is 5.92. The smallest absolute Gasteiger partial charge is 0.163 e. The van der Waals surface area contributed by atoms with E-state index in [1.54, 1.807) is 12.1 Å². The Hall–Kier alpha value is -1.04. The first-order valence-corrected chi connectivity index (χ1v) is 7.71. The Bertz CT molecular complexity index is 469. The van der Waals surface area contributed by atoms with Crippen molar-refractivity contribution < 1.29 is 13.5 Å². The van der Waals surface area contributed by atoms with Gasteiger partial charge in [-0.2, -0.15) is 0 Å². The average Bonchev–Trinajstić information content (AvgIpc) is 2.99. The van der Waals surface area contributed by atoms with Gasteiger partial charge < -0.3 is 4.74 Å². The molecular weight excluding hydrogens is 274 g/mol. The molecule has 0 radical (unpaired) electrons. The molecule has 1 aromatic carbocycles. The number of halogens is 2. The molecule has 2 aliphatic heterocycles. The molecule has 1 aromatic rings. The summed E-state index contributed by atoms with van der Waals surface area (Å²) in [7, 11) is 0. The van der Waals surface area contributed by atoms with Crippen molar-refractivity contribution in [3.05, 3.63) is 35.4 Å². The predicted octanol–water partition coefficient (Wildman–Crippen LogP) is 2.26. The van der Waals surface area contributed by atoms with Gasteiger partial charge in [-0.25, -0.2) is 8.78 Å². The summed E-state index contributed by atoms with van der Waals surface area (Å²) in [6.45, 7) is 6.10. The van der Waals surface area contributed by atoms with E-state index in [1.165, 1.54) is 12.5 Å². The molecule has 116 valence electrons. The molecule has 0 aliphatic carbocycles. The molecule has 3 nitrogen and oxygen atoms in total. The van der Waals surface area contributed by atoms with Crippen molar-refractivity contribution in [1.29, 1.82) is 0 Å². The number of benzene rings is 1. The number of nitrogens with zero attached hydrogens (tertiary/aromatic N) is 2. The quantitative estimate of drug-likeness (QED) is 0.847. The van der Waals surface area contributed by atoms with Crippen LogP contribution in [0.1, 0.15) is 18.4 Å². The van der Waals surface area contributed by atoms with Crippen LogP contribution in [0.2, 0.25) is 0 Å².